The number of ether oxygens (including phenoxy) is 2. The van der Waals surface area contributed by atoms with Gasteiger partial charge in [-0.25, -0.2) is 4.98 Å². The van der Waals surface area contributed by atoms with Gasteiger partial charge in [0.15, 0.2) is 5.16 Å². The Morgan fingerprint density at radius 1 is 1.10 bits per heavy atom. The summed E-state index contributed by atoms with van der Waals surface area (Å²) in [5, 5.41) is 9.87. The highest BCUT2D eigenvalue weighted by Gasteiger charge is 2.14. The second-order valence-electron chi connectivity index (χ2n) is 6.73. The van der Waals surface area contributed by atoms with Gasteiger partial charge in [-0.3, -0.25) is 4.79 Å². The molecule has 2 aromatic carbocycles. The molecule has 1 aromatic heterocycles. The van der Waals surface area contributed by atoms with Crippen molar-refractivity contribution in [1.29, 1.82) is 5.26 Å². The minimum absolute atomic E-state index is 0.00240. The van der Waals surface area contributed by atoms with Crippen LogP contribution in [0.5, 0.6) is 11.5 Å². The highest BCUT2D eigenvalue weighted by molar-refractivity contribution is 7.99. The number of hydrogen-bond acceptors (Lipinski definition) is 6. The molecule has 1 heterocycles. The summed E-state index contributed by atoms with van der Waals surface area (Å²) in [5.74, 6) is 2.28. The third-order valence-electron chi connectivity index (χ3n) is 4.65. The number of aromatic amines is 1. The maximum atomic E-state index is 12.3. The van der Waals surface area contributed by atoms with Crippen LogP contribution in [-0.2, 0) is 0 Å². The summed E-state index contributed by atoms with van der Waals surface area (Å²) in [5.41, 5.74) is 3.07. The van der Waals surface area contributed by atoms with Crippen LogP contribution in [0.25, 0.3) is 11.3 Å². The first-order chi connectivity index (χ1) is 14.5. The number of nitrogens with one attached hydrogen (secondary N) is 1. The lowest BCUT2D eigenvalue weighted by atomic mass is 10.1. The number of nitrogens with zero attached hydrogens (tertiary/aromatic N) is 2. The van der Waals surface area contributed by atoms with E-state index in [1.165, 1.54) is 22.9 Å². The Labute approximate surface area is 179 Å². The molecule has 3 aromatic rings. The van der Waals surface area contributed by atoms with Crippen LogP contribution in [0, 0.1) is 25.2 Å². The van der Waals surface area contributed by atoms with Gasteiger partial charge >= 0.3 is 0 Å². The van der Waals surface area contributed by atoms with Crippen molar-refractivity contribution in [3.63, 3.8) is 0 Å². The summed E-state index contributed by atoms with van der Waals surface area (Å²) in [4.78, 5) is 19.5. The maximum absolute atomic E-state index is 12.3. The predicted molar refractivity (Wildman–Crippen MR) is 118 cm³/mol. The molecule has 0 radical (unpaired) electrons. The molecule has 7 heteroatoms. The largest absolute Gasteiger partial charge is 0.497 e. The van der Waals surface area contributed by atoms with Crippen molar-refractivity contribution in [3.8, 4) is 28.8 Å². The maximum Gasteiger partial charge on any atom is 0.270 e. The average molecular weight is 422 g/mol. The fourth-order valence-corrected chi connectivity index (χ4v) is 3.58. The van der Waals surface area contributed by atoms with Crippen LogP contribution >= 0.6 is 11.8 Å². The van der Waals surface area contributed by atoms with Crippen molar-refractivity contribution in [2.24, 2.45) is 0 Å². The van der Waals surface area contributed by atoms with Gasteiger partial charge in [0.1, 0.15) is 23.1 Å². The Morgan fingerprint density at radius 2 is 1.83 bits per heavy atom. The van der Waals surface area contributed by atoms with Gasteiger partial charge in [0.2, 0.25) is 0 Å². The monoisotopic (exact) mass is 421 g/mol. The first-order valence-electron chi connectivity index (χ1n) is 9.53. The van der Waals surface area contributed by atoms with Crippen molar-refractivity contribution in [2.75, 3.05) is 19.5 Å². The van der Waals surface area contributed by atoms with E-state index in [0.29, 0.717) is 28.8 Å². The van der Waals surface area contributed by atoms with Gasteiger partial charge in [-0.05, 0) is 67.8 Å². The summed E-state index contributed by atoms with van der Waals surface area (Å²) < 4.78 is 11.0. The average Bonchev–Trinajstić information content (AvgIpc) is 2.75. The summed E-state index contributed by atoms with van der Waals surface area (Å²) in [7, 11) is 1.58. The second-order valence-corrected chi connectivity index (χ2v) is 7.82. The van der Waals surface area contributed by atoms with Gasteiger partial charge < -0.3 is 14.5 Å². The molecule has 0 aliphatic heterocycles. The number of hydrogen-bond donors (Lipinski definition) is 1. The lowest BCUT2D eigenvalue weighted by Gasteiger charge is -2.09. The van der Waals surface area contributed by atoms with E-state index < -0.39 is 5.56 Å². The van der Waals surface area contributed by atoms with Crippen molar-refractivity contribution in [3.05, 3.63) is 69.5 Å². The zero-order valence-electron chi connectivity index (χ0n) is 17.2. The number of aryl methyl sites for hydroxylation is 2. The van der Waals surface area contributed by atoms with Gasteiger partial charge in [0.05, 0.1) is 19.4 Å². The van der Waals surface area contributed by atoms with E-state index in [2.05, 4.69) is 23.8 Å². The third kappa shape index (κ3) is 5.22. The fraction of sp³-hybridized carbons (Fsp3) is 0.261. The smallest absolute Gasteiger partial charge is 0.270 e. The molecule has 30 heavy (non-hydrogen) atoms. The molecule has 6 nitrogen and oxygen atoms in total. The second kappa shape index (κ2) is 9.99. The minimum Gasteiger partial charge on any atom is -0.497 e. The molecule has 154 valence electrons. The van der Waals surface area contributed by atoms with E-state index in [1.807, 2.05) is 24.3 Å². The molecular weight excluding hydrogens is 398 g/mol. The summed E-state index contributed by atoms with van der Waals surface area (Å²) in [6.07, 6.45) is 0.791. The number of nitriles is 1. The topological polar surface area (TPSA) is 88.0 Å². The molecule has 0 fully saturated rings. The quantitative estimate of drug-likeness (QED) is 0.327. The van der Waals surface area contributed by atoms with Crippen molar-refractivity contribution in [1.82, 2.24) is 9.97 Å². The molecule has 0 amide bonds. The van der Waals surface area contributed by atoms with Gasteiger partial charge in [-0.15, -0.1) is 0 Å². The number of benzene rings is 2. The molecule has 0 spiro atoms. The molecule has 0 atom stereocenters. The van der Waals surface area contributed by atoms with Crippen molar-refractivity contribution in [2.45, 2.75) is 25.4 Å². The molecule has 0 aliphatic carbocycles. The summed E-state index contributed by atoms with van der Waals surface area (Å²) in [6, 6.07) is 15.1. The molecule has 0 saturated carbocycles. The fourth-order valence-electron chi connectivity index (χ4n) is 2.80. The number of methoxy groups -OCH3 is 1. The molecule has 0 unspecified atom stereocenters. The Kier molecular flexibility index (Phi) is 7.15. The number of H-pyrrole nitrogens is 1. The van der Waals surface area contributed by atoms with Crippen LogP contribution in [-0.4, -0.2) is 29.4 Å². The van der Waals surface area contributed by atoms with Gasteiger partial charge in [-0.1, -0.05) is 17.8 Å². The highest BCUT2D eigenvalue weighted by Crippen LogP contribution is 2.24. The lowest BCUT2D eigenvalue weighted by Crippen LogP contribution is -2.15. The molecular formula is C23H23N3O3S. The standard InChI is InChI=1S/C23H23N3O3S/c1-15-5-8-19(13-16(15)2)29-11-4-12-30-23-25-21(20(14-24)22(27)26-23)17-6-9-18(28-3)10-7-17/h5-10,13H,4,11-12H2,1-3H3,(H,25,26,27). The van der Waals surface area contributed by atoms with Crippen LogP contribution in [0.4, 0.5) is 0 Å². The number of rotatable bonds is 8. The Morgan fingerprint density at radius 3 is 2.50 bits per heavy atom. The van der Waals surface area contributed by atoms with E-state index >= 15 is 0 Å². The number of thioether (sulfide) groups is 1. The van der Waals surface area contributed by atoms with Crippen molar-refractivity contribution < 1.29 is 9.47 Å². The van der Waals surface area contributed by atoms with E-state index in [9.17, 15) is 10.1 Å². The normalized spacial score (nSPS) is 10.5. The van der Waals surface area contributed by atoms with Gasteiger partial charge in [0, 0.05) is 11.3 Å². The highest BCUT2D eigenvalue weighted by atomic mass is 32.2. The van der Waals surface area contributed by atoms with Crippen LogP contribution < -0.4 is 15.0 Å². The third-order valence-corrected chi connectivity index (χ3v) is 5.61. The van der Waals surface area contributed by atoms with Crippen LogP contribution in [0.15, 0.2) is 52.4 Å². The SMILES string of the molecule is COc1ccc(-c2nc(SCCCOc3ccc(C)c(C)c3)[nH]c(=O)c2C#N)cc1. The van der Waals surface area contributed by atoms with Gasteiger partial charge in [-0.2, -0.15) is 5.26 Å². The zero-order valence-corrected chi connectivity index (χ0v) is 18.0. The lowest BCUT2D eigenvalue weighted by molar-refractivity contribution is 0.318. The zero-order chi connectivity index (χ0) is 21.5. The molecule has 1 N–H and O–H groups in total. The van der Waals surface area contributed by atoms with Crippen LogP contribution in [0.1, 0.15) is 23.1 Å². The van der Waals surface area contributed by atoms with E-state index in [0.717, 1.165) is 17.9 Å². The Bertz CT molecular complexity index is 1120. The van der Waals surface area contributed by atoms with Crippen LogP contribution in [0.2, 0.25) is 0 Å². The molecule has 0 saturated heterocycles. The van der Waals surface area contributed by atoms with Gasteiger partial charge in [0.25, 0.3) is 5.56 Å². The first kappa shape index (κ1) is 21.5. The first-order valence-corrected chi connectivity index (χ1v) is 10.5. The Balaban J connectivity index is 1.64. The molecule has 0 aliphatic rings. The predicted octanol–water partition coefficient (Wildman–Crippen LogP) is 4.50. The minimum atomic E-state index is -0.438. The number of aromatic nitrogens is 2. The summed E-state index contributed by atoms with van der Waals surface area (Å²) in [6.45, 7) is 4.70. The van der Waals surface area contributed by atoms with Crippen molar-refractivity contribution >= 4 is 11.8 Å². The summed E-state index contributed by atoms with van der Waals surface area (Å²) >= 11 is 1.43. The van der Waals surface area contributed by atoms with E-state index in [-0.39, 0.29) is 5.56 Å². The molecule has 3 rings (SSSR count). The van der Waals surface area contributed by atoms with E-state index in [4.69, 9.17) is 9.47 Å². The van der Waals surface area contributed by atoms with E-state index in [1.54, 1.807) is 31.4 Å². The molecule has 0 bridgehead atoms. The Hall–Kier alpha value is -3.24. The van der Waals surface area contributed by atoms with Crippen LogP contribution in [0.3, 0.4) is 0 Å².